The van der Waals surface area contributed by atoms with Gasteiger partial charge in [0.05, 0.1) is 19.6 Å². The van der Waals surface area contributed by atoms with Crippen LogP contribution in [0.2, 0.25) is 0 Å². The molecule has 3 aromatic rings. The molecule has 0 unspecified atom stereocenters. The fourth-order valence-corrected chi connectivity index (χ4v) is 3.93. The van der Waals surface area contributed by atoms with Crippen molar-refractivity contribution in [2.45, 2.75) is 25.3 Å². The minimum Gasteiger partial charge on any atom is -0.361 e. The predicted molar refractivity (Wildman–Crippen MR) is 104 cm³/mol. The molecule has 1 aliphatic heterocycles. The van der Waals surface area contributed by atoms with Crippen molar-refractivity contribution in [1.82, 2.24) is 10.3 Å². The molecule has 26 heavy (non-hydrogen) atoms. The van der Waals surface area contributed by atoms with Gasteiger partial charge in [-0.2, -0.15) is 0 Å². The van der Waals surface area contributed by atoms with E-state index in [9.17, 15) is 4.79 Å². The molecule has 4 rings (SSSR count). The van der Waals surface area contributed by atoms with Gasteiger partial charge in [-0.15, -0.1) is 0 Å². The first-order valence-electron chi connectivity index (χ1n) is 9.54. The fourth-order valence-electron chi connectivity index (χ4n) is 3.93. The number of carbonyl (C=O) groups excluding carboxylic acids is 1. The van der Waals surface area contributed by atoms with Crippen LogP contribution < -0.4 is 10.2 Å². The summed E-state index contributed by atoms with van der Waals surface area (Å²) in [5.74, 6) is 0.0536. The maximum atomic E-state index is 12.3. The second-order valence-corrected chi connectivity index (χ2v) is 7.22. The summed E-state index contributed by atoms with van der Waals surface area (Å²) in [6.07, 6.45) is 5.36. The Labute approximate surface area is 154 Å². The number of hydrogen-bond acceptors (Lipinski definition) is 1. The summed E-state index contributed by atoms with van der Waals surface area (Å²) >= 11 is 0. The van der Waals surface area contributed by atoms with Gasteiger partial charge in [0, 0.05) is 48.0 Å². The molecular weight excluding hydrogens is 322 g/mol. The number of fused-ring (bicyclic) bond motifs is 1. The molecule has 0 aliphatic carbocycles. The molecule has 2 heterocycles. The minimum atomic E-state index is 0.0536. The number of aromatic nitrogens is 1. The van der Waals surface area contributed by atoms with Gasteiger partial charge in [0.25, 0.3) is 5.91 Å². The average molecular weight is 348 g/mol. The molecule has 0 saturated carbocycles. The number of benzene rings is 2. The lowest BCUT2D eigenvalue weighted by atomic mass is 10.0. The Kier molecular flexibility index (Phi) is 5.02. The highest BCUT2D eigenvalue weighted by molar-refractivity contribution is 5.94. The molecule has 0 atom stereocenters. The van der Waals surface area contributed by atoms with Crippen LogP contribution in [0.5, 0.6) is 0 Å². The number of nitrogens with one attached hydrogen (secondary N) is 3. The molecule has 134 valence electrons. The molecule has 4 heteroatoms. The molecule has 1 saturated heterocycles. The van der Waals surface area contributed by atoms with Crippen LogP contribution in [-0.2, 0) is 6.42 Å². The zero-order chi connectivity index (χ0) is 17.8. The van der Waals surface area contributed by atoms with Crippen molar-refractivity contribution in [3.8, 4) is 0 Å². The molecule has 1 aromatic heterocycles. The van der Waals surface area contributed by atoms with Crippen molar-refractivity contribution in [3.05, 3.63) is 71.9 Å². The third-order valence-electron chi connectivity index (χ3n) is 5.49. The van der Waals surface area contributed by atoms with Crippen LogP contribution in [0.3, 0.4) is 0 Å². The SMILES string of the molecule is O=C(NC1CC[NH+](CCc2c[nH]c3ccccc23)CC1)c1ccccc1. The van der Waals surface area contributed by atoms with Gasteiger partial charge in [-0.3, -0.25) is 4.79 Å². The summed E-state index contributed by atoms with van der Waals surface area (Å²) in [5.41, 5.74) is 3.38. The maximum absolute atomic E-state index is 12.3. The Balaban J connectivity index is 1.25. The molecule has 0 bridgehead atoms. The van der Waals surface area contributed by atoms with Crippen LogP contribution in [0.25, 0.3) is 10.9 Å². The number of H-pyrrole nitrogens is 1. The van der Waals surface area contributed by atoms with Crippen LogP contribution >= 0.6 is 0 Å². The van der Waals surface area contributed by atoms with Crippen molar-refractivity contribution in [3.63, 3.8) is 0 Å². The quantitative estimate of drug-likeness (QED) is 0.650. The Bertz CT molecular complexity index is 863. The number of carbonyl (C=O) groups is 1. The smallest absolute Gasteiger partial charge is 0.251 e. The fraction of sp³-hybridized carbons (Fsp3) is 0.318. The number of amides is 1. The van der Waals surface area contributed by atoms with E-state index in [2.05, 4.69) is 40.8 Å². The van der Waals surface area contributed by atoms with Crippen molar-refractivity contribution in [1.29, 1.82) is 0 Å². The molecule has 2 aromatic carbocycles. The highest BCUT2D eigenvalue weighted by Gasteiger charge is 2.23. The number of rotatable bonds is 5. The van der Waals surface area contributed by atoms with Crippen LogP contribution in [0.1, 0.15) is 28.8 Å². The van der Waals surface area contributed by atoms with Crippen molar-refractivity contribution in [2.24, 2.45) is 0 Å². The van der Waals surface area contributed by atoms with E-state index < -0.39 is 0 Å². The van der Waals surface area contributed by atoms with E-state index in [1.807, 2.05) is 30.3 Å². The van der Waals surface area contributed by atoms with Crippen LogP contribution in [0.15, 0.2) is 60.8 Å². The van der Waals surface area contributed by atoms with Crippen LogP contribution in [0.4, 0.5) is 0 Å². The summed E-state index contributed by atoms with van der Waals surface area (Å²) < 4.78 is 0. The van der Waals surface area contributed by atoms with E-state index in [0.29, 0.717) is 6.04 Å². The lowest BCUT2D eigenvalue weighted by molar-refractivity contribution is -0.905. The highest BCUT2D eigenvalue weighted by atomic mass is 16.1. The Morgan fingerprint density at radius 2 is 1.77 bits per heavy atom. The molecule has 1 fully saturated rings. The second-order valence-electron chi connectivity index (χ2n) is 7.22. The van der Waals surface area contributed by atoms with E-state index in [1.54, 1.807) is 4.90 Å². The molecule has 1 amide bonds. The number of quaternary nitrogens is 1. The zero-order valence-electron chi connectivity index (χ0n) is 15.0. The van der Waals surface area contributed by atoms with Crippen molar-refractivity contribution in [2.75, 3.05) is 19.6 Å². The maximum Gasteiger partial charge on any atom is 0.251 e. The number of likely N-dealkylation sites (tertiary alicyclic amines) is 1. The van der Waals surface area contributed by atoms with Gasteiger partial charge < -0.3 is 15.2 Å². The topological polar surface area (TPSA) is 49.3 Å². The Morgan fingerprint density at radius 1 is 1.04 bits per heavy atom. The number of piperidine rings is 1. The van der Waals surface area contributed by atoms with Crippen molar-refractivity contribution < 1.29 is 9.69 Å². The van der Waals surface area contributed by atoms with Crippen molar-refractivity contribution >= 4 is 16.8 Å². The summed E-state index contributed by atoms with van der Waals surface area (Å²) in [6.45, 7) is 3.41. The highest BCUT2D eigenvalue weighted by Crippen LogP contribution is 2.17. The largest absolute Gasteiger partial charge is 0.361 e. The normalized spacial score (nSPS) is 20.2. The Hall–Kier alpha value is -2.59. The molecule has 3 N–H and O–H groups in total. The van der Waals surface area contributed by atoms with Crippen LogP contribution in [0, 0.1) is 0 Å². The lowest BCUT2D eigenvalue weighted by Gasteiger charge is -2.29. The first-order chi connectivity index (χ1) is 12.8. The molecular formula is C22H26N3O+. The van der Waals surface area contributed by atoms with E-state index in [1.165, 1.54) is 16.5 Å². The number of para-hydroxylation sites is 1. The van der Waals surface area contributed by atoms with E-state index >= 15 is 0 Å². The molecule has 4 nitrogen and oxygen atoms in total. The summed E-state index contributed by atoms with van der Waals surface area (Å²) in [7, 11) is 0. The molecule has 0 spiro atoms. The van der Waals surface area contributed by atoms with E-state index in [0.717, 1.165) is 44.5 Å². The number of hydrogen-bond donors (Lipinski definition) is 3. The van der Waals surface area contributed by atoms with Gasteiger partial charge >= 0.3 is 0 Å². The van der Waals surface area contributed by atoms with E-state index in [4.69, 9.17) is 0 Å². The second kappa shape index (κ2) is 7.75. The molecule has 1 aliphatic rings. The van der Waals surface area contributed by atoms with Gasteiger partial charge in [-0.1, -0.05) is 36.4 Å². The van der Waals surface area contributed by atoms with Gasteiger partial charge in [0.2, 0.25) is 0 Å². The van der Waals surface area contributed by atoms with E-state index in [-0.39, 0.29) is 5.91 Å². The Morgan fingerprint density at radius 3 is 2.58 bits per heavy atom. The predicted octanol–water partition coefficient (Wildman–Crippen LogP) is 2.19. The standard InChI is InChI=1S/C22H25N3O/c26-22(17-6-2-1-3-7-17)24-19-11-14-25(15-12-19)13-10-18-16-23-21-9-5-4-8-20(18)21/h1-9,16,19,23H,10-15H2,(H,24,26)/p+1. The van der Waals surface area contributed by atoms with Gasteiger partial charge in [-0.05, 0) is 23.8 Å². The zero-order valence-corrected chi connectivity index (χ0v) is 15.0. The monoisotopic (exact) mass is 348 g/mol. The average Bonchev–Trinajstić information content (AvgIpc) is 3.11. The first-order valence-corrected chi connectivity index (χ1v) is 9.54. The summed E-state index contributed by atoms with van der Waals surface area (Å²) in [6, 6.07) is 18.3. The minimum absolute atomic E-state index is 0.0536. The third-order valence-corrected chi connectivity index (χ3v) is 5.49. The third kappa shape index (κ3) is 3.81. The first kappa shape index (κ1) is 16.9. The molecule has 0 radical (unpaired) electrons. The summed E-state index contributed by atoms with van der Waals surface area (Å²) in [5, 5.41) is 4.54. The summed E-state index contributed by atoms with van der Waals surface area (Å²) in [4.78, 5) is 17.3. The lowest BCUT2D eigenvalue weighted by Crippen LogP contribution is -3.13. The van der Waals surface area contributed by atoms with Crippen LogP contribution in [-0.4, -0.2) is 36.6 Å². The van der Waals surface area contributed by atoms with Gasteiger partial charge in [0.15, 0.2) is 0 Å². The van der Waals surface area contributed by atoms with Gasteiger partial charge in [0.1, 0.15) is 0 Å². The van der Waals surface area contributed by atoms with Gasteiger partial charge in [-0.25, -0.2) is 0 Å². The number of aromatic amines is 1.